The van der Waals surface area contributed by atoms with Crippen LogP contribution in [0.25, 0.3) is 0 Å². The maximum Gasteiger partial charge on any atom is 0.409 e. The first-order chi connectivity index (χ1) is 28.3. The summed E-state index contributed by atoms with van der Waals surface area (Å²) < 4.78 is 24.2. The number of aliphatic hydroxyl groups is 3. The van der Waals surface area contributed by atoms with Gasteiger partial charge in [0.05, 0.1) is 61.4 Å². The van der Waals surface area contributed by atoms with Gasteiger partial charge in [-0.25, -0.2) is 9.59 Å². The van der Waals surface area contributed by atoms with Gasteiger partial charge in [-0.2, -0.15) is 12.6 Å². The number of fused-ring (bicyclic) bond motifs is 4. The molecule has 328 valence electrons. The summed E-state index contributed by atoms with van der Waals surface area (Å²) in [5.74, 6) is -5.98. The second-order valence-electron chi connectivity index (χ2n) is 16.5. The first-order valence-corrected chi connectivity index (χ1v) is 20.9. The summed E-state index contributed by atoms with van der Waals surface area (Å²) in [4.78, 5) is 84.2. The number of halogens is 1. The highest BCUT2D eigenvalue weighted by Gasteiger charge is 2.73. The highest BCUT2D eigenvalue weighted by atomic mass is 35.5. The van der Waals surface area contributed by atoms with Gasteiger partial charge in [-0.15, -0.1) is 0 Å². The molecule has 1 spiro atoms. The fraction of sp³-hybridized carbons (Fsp3) is 0.610. The molecular formula is C41H53ClN4O13S. The van der Waals surface area contributed by atoms with Crippen molar-refractivity contribution in [2.24, 2.45) is 17.8 Å². The van der Waals surface area contributed by atoms with Crippen molar-refractivity contribution in [1.29, 1.82) is 0 Å². The van der Waals surface area contributed by atoms with Crippen molar-refractivity contribution in [3.8, 4) is 0 Å². The highest BCUT2D eigenvalue weighted by Crippen LogP contribution is 2.55. The maximum absolute atomic E-state index is 14.3. The zero-order chi connectivity index (χ0) is 44.1. The number of alkyl carbamates (subject to hydrolysis) is 1. The number of nitrogens with one attached hydrogen (secondary N) is 1. The number of nitrogens with zero attached hydrogens (tertiary/aromatic N) is 3. The second kappa shape index (κ2) is 17.4. The van der Waals surface area contributed by atoms with Gasteiger partial charge in [0.15, 0.2) is 11.3 Å². The molecule has 4 saturated heterocycles. The largest absolute Gasteiger partial charge is 0.457 e. The molecule has 5 aliphatic heterocycles. The van der Waals surface area contributed by atoms with Crippen molar-refractivity contribution < 1.29 is 63.0 Å². The number of β-amino-alcohol motifs (C(OH)–C–C–N with tert-alkyl or cyclic N) is 1. The minimum atomic E-state index is -1.32. The molecule has 4 N–H and O–H groups in total. The molecule has 1 aromatic rings. The van der Waals surface area contributed by atoms with Crippen molar-refractivity contribution in [2.75, 3.05) is 44.5 Å². The van der Waals surface area contributed by atoms with Crippen LogP contribution in [0.3, 0.4) is 0 Å². The third-order valence-electron chi connectivity index (χ3n) is 12.7. The minimum absolute atomic E-state index is 0.114. The summed E-state index contributed by atoms with van der Waals surface area (Å²) in [7, 11) is 2.87. The van der Waals surface area contributed by atoms with Crippen LogP contribution in [0.5, 0.6) is 0 Å². The number of rotatable bonds is 10. The number of carbonyl (C=O) groups is 6. The number of benzene rings is 1. The number of likely N-dealkylation sites (tertiary alicyclic amines) is 1. The number of ether oxygens (including phenoxy) is 4. The van der Waals surface area contributed by atoms with E-state index in [4.69, 9.17) is 30.5 Å². The molecule has 5 aliphatic rings. The Hall–Kier alpha value is -4.04. The lowest BCUT2D eigenvalue weighted by Gasteiger charge is -2.34. The molecule has 10 atom stereocenters. The number of amides is 5. The molecule has 17 nitrogen and oxygen atoms in total. The van der Waals surface area contributed by atoms with Gasteiger partial charge in [0.2, 0.25) is 23.6 Å². The van der Waals surface area contributed by atoms with Crippen LogP contribution in [0.1, 0.15) is 58.1 Å². The summed E-state index contributed by atoms with van der Waals surface area (Å²) in [6, 6.07) is 2.21. The Bertz CT molecular complexity index is 2000. The van der Waals surface area contributed by atoms with Crippen LogP contribution in [-0.2, 0) is 55.9 Å². The molecule has 4 bridgehead atoms. The molecular weight excluding hydrogens is 824 g/mol. The predicted molar refractivity (Wildman–Crippen MR) is 217 cm³/mol. The number of allylic oxidation sites excluding steroid dienone is 3. The smallest absolute Gasteiger partial charge is 0.409 e. The lowest BCUT2D eigenvalue weighted by Crippen LogP contribution is -2.55. The quantitative estimate of drug-likeness (QED) is 0.0977. The first-order valence-electron chi connectivity index (χ1n) is 19.8. The average Bonchev–Trinajstić information content (AvgIpc) is 4.05. The molecule has 0 saturated carbocycles. The average molecular weight is 877 g/mol. The minimum Gasteiger partial charge on any atom is -0.457 e. The van der Waals surface area contributed by atoms with E-state index in [1.165, 1.54) is 25.9 Å². The van der Waals surface area contributed by atoms with E-state index in [2.05, 4.69) is 17.9 Å². The van der Waals surface area contributed by atoms with Gasteiger partial charge in [0.25, 0.3) is 0 Å². The summed E-state index contributed by atoms with van der Waals surface area (Å²) in [5, 5.41) is 33.0. The van der Waals surface area contributed by atoms with Gasteiger partial charge in [-0.3, -0.25) is 29.4 Å². The van der Waals surface area contributed by atoms with Gasteiger partial charge in [0, 0.05) is 38.6 Å². The lowest BCUT2D eigenvalue weighted by atomic mass is 9.83. The maximum atomic E-state index is 14.3. The normalized spacial score (nSPS) is 34.0. The number of anilines is 1. The van der Waals surface area contributed by atoms with E-state index in [9.17, 15) is 44.1 Å². The third-order valence-corrected chi connectivity index (χ3v) is 13.5. The molecule has 6 rings (SSSR count). The fourth-order valence-corrected chi connectivity index (χ4v) is 9.36. The van der Waals surface area contributed by atoms with E-state index >= 15 is 0 Å². The van der Waals surface area contributed by atoms with Crippen LogP contribution in [0.15, 0.2) is 35.9 Å². The van der Waals surface area contributed by atoms with Crippen LogP contribution in [0.2, 0.25) is 5.02 Å². The van der Waals surface area contributed by atoms with Crippen LogP contribution in [0, 0.1) is 17.8 Å². The molecule has 0 aromatic heterocycles. The third kappa shape index (κ3) is 8.31. The fourth-order valence-electron chi connectivity index (χ4n) is 8.65. The van der Waals surface area contributed by atoms with E-state index in [-0.39, 0.29) is 30.2 Å². The Morgan fingerprint density at radius 2 is 1.87 bits per heavy atom. The molecule has 5 heterocycles. The van der Waals surface area contributed by atoms with E-state index < -0.39 is 121 Å². The van der Waals surface area contributed by atoms with Gasteiger partial charge in [-0.05, 0) is 50.5 Å². The van der Waals surface area contributed by atoms with E-state index in [0.717, 1.165) is 20.9 Å². The topological polar surface area (TPSA) is 228 Å². The Labute approximate surface area is 358 Å². The van der Waals surface area contributed by atoms with Gasteiger partial charge in [0.1, 0.15) is 23.9 Å². The number of imide groups is 1. The first kappa shape index (κ1) is 45.5. The number of epoxide rings is 2. The van der Waals surface area contributed by atoms with Crippen molar-refractivity contribution in [1.82, 2.24) is 15.1 Å². The van der Waals surface area contributed by atoms with Gasteiger partial charge >= 0.3 is 12.1 Å². The zero-order valence-corrected chi connectivity index (χ0v) is 36.0. The Morgan fingerprint density at radius 1 is 1.15 bits per heavy atom. The Balaban J connectivity index is 1.31. The molecule has 4 fully saturated rings. The predicted octanol–water partition coefficient (Wildman–Crippen LogP) is 1.67. The number of hydrogen-bond acceptors (Lipinski definition) is 14. The molecule has 0 aliphatic carbocycles. The number of esters is 1. The number of likely N-dealkylation sites (N-methyl/N-ethyl adjacent to an activating group) is 1. The van der Waals surface area contributed by atoms with Crippen molar-refractivity contribution in [3.63, 3.8) is 0 Å². The van der Waals surface area contributed by atoms with Crippen LogP contribution in [-0.4, -0.2) is 142 Å². The SMILES string of the molecule is C/C1=C\C=C\[C@]2(CO)O[C@@]23C[C@H](OC(=O)N3)[C@@H](C)[C@@H]2O[C@@]2(C)[C@@H](OC(=O)[C@@H](C)N(C)C(=O)C(CS)C2CC(=O)N(CCO)C2=O)CC(=O)N(C)c2cc(cc(CO)c2Cl)C1. The Kier molecular flexibility index (Phi) is 13.2. The van der Waals surface area contributed by atoms with E-state index in [1.807, 2.05) is 13.0 Å². The molecule has 2 unspecified atom stereocenters. The number of thiol groups is 1. The summed E-state index contributed by atoms with van der Waals surface area (Å²) >= 11 is 11.1. The molecule has 60 heavy (non-hydrogen) atoms. The van der Waals surface area contributed by atoms with Crippen molar-refractivity contribution in [3.05, 3.63) is 52.1 Å². The second-order valence-corrected chi connectivity index (χ2v) is 17.3. The summed E-state index contributed by atoms with van der Waals surface area (Å²) in [6.45, 7) is 5.27. The standard InChI is InChI=1S/C41H53ClN4O13S/c1-21-8-7-9-40(20-49)41(59-40)17-29(56-38(55)43-41)22(2)34-39(4,58-34)30(16-31(50)45(6)28-14-24(12-21)13-25(18-48)33(28)42)57-37(54)23(3)44(5)35(52)27(19-60)26-15-32(51)46(10-11-47)36(26)53/h7-9,13-14,22-23,26-27,29-30,34,47-49,60H,10-12,15-20H2,1-6H3,(H,43,55)/b9-7+,21-8+/t22-,23-,26?,27?,29+,30+,34+,39+,40-,41+/m1/s1. The Morgan fingerprint density at radius 3 is 2.52 bits per heavy atom. The summed E-state index contributed by atoms with van der Waals surface area (Å²) in [6.07, 6.45) is 1.55. The lowest BCUT2D eigenvalue weighted by molar-refractivity contribution is -0.163. The number of carbonyl (C=O) groups excluding carboxylic acids is 6. The molecule has 5 amide bonds. The van der Waals surface area contributed by atoms with Crippen LogP contribution in [0.4, 0.5) is 10.5 Å². The van der Waals surface area contributed by atoms with Gasteiger partial charge in [-0.1, -0.05) is 42.3 Å². The molecule has 0 radical (unpaired) electrons. The summed E-state index contributed by atoms with van der Waals surface area (Å²) in [5.41, 5.74) is -1.55. The van der Waals surface area contributed by atoms with Crippen molar-refractivity contribution >= 4 is 65.6 Å². The van der Waals surface area contributed by atoms with E-state index in [0.29, 0.717) is 17.7 Å². The number of aliphatic hydroxyl groups excluding tert-OH is 3. The van der Waals surface area contributed by atoms with Crippen molar-refractivity contribution in [2.45, 2.75) is 101 Å². The monoisotopic (exact) mass is 876 g/mol. The van der Waals surface area contributed by atoms with E-state index in [1.54, 1.807) is 38.1 Å². The van der Waals surface area contributed by atoms with Gasteiger partial charge < -0.3 is 44.1 Å². The number of hydrogen-bond donors (Lipinski definition) is 5. The highest BCUT2D eigenvalue weighted by molar-refractivity contribution is 7.80. The molecule has 1 aromatic carbocycles. The van der Waals surface area contributed by atoms with Crippen LogP contribution >= 0.6 is 24.2 Å². The van der Waals surface area contributed by atoms with Crippen LogP contribution < -0.4 is 10.2 Å². The molecule has 19 heteroatoms. The zero-order valence-electron chi connectivity index (χ0n) is 34.4.